The quantitative estimate of drug-likeness (QED) is 0.849. The van der Waals surface area contributed by atoms with Gasteiger partial charge in [-0.1, -0.05) is 54.6 Å². The summed E-state index contributed by atoms with van der Waals surface area (Å²) >= 11 is 3.19. The normalized spacial score (nSPS) is 14.1. The standard InChI is InChI=1S/C17H11BrO3/c18-14-15(19)12-8-4-5-9-13(12)16(20)17(14)21-10-11-6-2-1-3-7-11/h1-9H,10H2. The molecule has 0 N–H and O–H groups in total. The lowest BCUT2D eigenvalue weighted by Crippen LogP contribution is -2.21. The van der Waals surface area contributed by atoms with Crippen molar-refractivity contribution in [2.75, 3.05) is 0 Å². The fraction of sp³-hybridized carbons (Fsp3) is 0.0588. The first-order valence-electron chi connectivity index (χ1n) is 6.43. The summed E-state index contributed by atoms with van der Waals surface area (Å²) in [7, 11) is 0. The molecule has 0 aromatic heterocycles. The summed E-state index contributed by atoms with van der Waals surface area (Å²) in [5, 5.41) is 0. The van der Waals surface area contributed by atoms with Crippen molar-refractivity contribution < 1.29 is 14.3 Å². The molecule has 0 saturated carbocycles. The molecule has 3 nitrogen and oxygen atoms in total. The van der Waals surface area contributed by atoms with Crippen LogP contribution in [-0.2, 0) is 11.3 Å². The van der Waals surface area contributed by atoms with E-state index in [2.05, 4.69) is 15.9 Å². The van der Waals surface area contributed by atoms with Crippen LogP contribution in [0.4, 0.5) is 0 Å². The molecule has 0 saturated heterocycles. The first-order valence-corrected chi connectivity index (χ1v) is 7.22. The smallest absolute Gasteiger partial charge is 0.229 e. The highest BCUT2D eigenvalue weighted by molar-refractivity contribution is 9.12. The Morgan fingerprint density at radius 3 is 2.05 bits per heavy atom. The topological polar surface area (TPSA) is 43.4 Å². The van der Waals surface area contributed by atoms with Crippen LogP contribution in [0.1, 0.15) is 26.3 Å². The molecule has 0 fully saturated rings. The van der Waals surface area contributed by atoms with Gasteiger partial charge in [-0.2, -0.15) is 0 Å². The molecule has 2 aromatic carbocycles. The minimum atomic E-state index is -0.270. The van der Waals surface area contributed by atoms with Crippen LogP contribution < -0.4 is 0 Å². The summed E-state index contributed by atoms with van der Waals surface area (Å²) in [6.07, 6.45) is 0. The summed E-state index contributed by atoms with van der Waals surface area (Å²) in [5.41, 5.74) is 1.72. The van der Waals surface area contributed by atoms with Gasteiger partial charge in [0.25, 0.3) is 0 Å². The van der Waals surface area contributed by atoms with Gasteiger partial charge in [-0.05, 0) is 21.5 Å². The molecule has 1 aliphatic carbocycles. The van der Waals surface area contributed by atoms with E-state index in [1.165, 1.54) is 0 Å². The third-order valence-corrected chi connectivity index (χ3v) is 3.97. The molecule has 104 valence electrons. The molecule has 3 rings (SSSR count). The maximum Gasteiger partial charge on any atom is 0.229 e. The van der Waals surface area contributed by atoms with E-state index in [9.17, 15) is 9.59 Å². The van der Waals surface area contributed by atoms with Gasteiger partial charge in [0.05, 0.1) is 0 Å². The van der Waals surface area contributed by atoms with Crippen molar-refractivity contribution in [3.63, 3.8) is 0 Å². The van der Waals surface area contributed by atoms with Crippen molar-refractivity contribution in [1.82, 2.24) is 0 Å². The van der Waals surface area contributed by atoms with Crippen molar-refractivity contribution in [1.29, 1.82) is 0 Å². The SMILES string of the molecule is O=C1C(Br)=C(OCc2ccccc2)C(=O)c2ccccc21. The van der Waals surface area contributed by atoms with Crippen molar-refractivity contribution >= 4 is 27.5 Å². The highest BCUT2D eigenvalue weighted by Crippen LogP contribution is 2.30. The second-order valence-corrected chi connectivity index (χ2v) is 5.41. The van der Waals surface area contributed by atoms with Gasteiger partial charge in [0.15, 0.2) is 5.76 Å². The number of ketones is 2. The maximum atomic E-state index is 12.4. The average molecular weight is 343 g/mol. The molecule has 0 spiro atoms. The Kier molecular flexibility index (Phi) is 3.71. The zero-order valence-electron chi connectivity index (χ0n) is 11.0. The molecule has 0 heterocycles. The number of benzene rings is 2. The van der Waals surface area contributed by atoms with Gasteiger partial charge in [-0.3, -0.25) is 9.59 Å². The Bertz CT molecular complexity index is 748. The number of ether oxygens (including phenoxy) is 1. The van der Waals surface area contributed by atoms with Crippen molar-refractivity contribution in [3.05, 3.63) is 81.5 Å². The van der Waals surface area contributed by atoms with Crippen LogP contribution in [0.15, 0.2) is 64.8 Å². The predicted molar refractivity (Wildman–Crippen MR) is 82.3 cm³/mol. The fourth-order valence-corrected chi connectivity index (χ4v) is 2.69. The predicted octanol–water partition coefficient (Wildman–Crippen LogP) is 3.89. The molecule has 2 aromatic rings. The van der Waals surface area contributed by atoms with Gasteiger partial charge >= 0.3 is 0 Å². The second-order valence-electron chi connectivity index (χ2n) is 4.62. The second kappa shape index (κ2) is 5.66. The van der Waals surface area contributed by atoms with Gasteiger partial charge in [0, 0.05) is 11.1 Å². The zero-order valence-corrected chi connectivity index (χ0v) is 12.6. The minimum absolute atomic E-state index is 0.0718. The monoisotopic (exact) mass is 342 g/mol. The van der Waals surface area contributed by atoms with E-state index in [0.29, 0.717) is 11.1 Å². The van der Waals surface area contributed by atoms with Gasteiger partial charge in [-0.25, -0.2) is 0 Å². The number of fused-ring (bicyclic) bond motifs is 1. The van der Waals surface area contributed by atoms with E-state index in [1.54, 1.807) is 24.3 Å². The summed E-state index contributed by atoms with van der Waals surface area (Å²) in [6, 6.07) is 16.2. The van der Waals surface area contributed by atoms with Gasteiger partial charge in [0.2, 0.25) is 11.6 Å². The molecule has 21 heavy (non-hydrogen) atoms. The maximum absolute atomic E-state index is 12.4. The highest BCUT2D eigenvalue weighted by Gasteiger charge is 2.32. The van der Waals surface area contributed by atoms with Gasteiger partial charge in [0.1, 0.15) is 11.1 Å². The molecule has 1 aliphatic rings. The Morgan fingerprint density at radius 1 is 0.810 bits per heavy atom. The number of hydrogen-bond acceptors (Lipinski definition) is 3. The lowest BCUT2D eigenvalue weighted by Gasteiger charge is -2.18. The molecular formula is C17H11BrO3. The molecule has 0 aliphatic heterocycles. The van der Waals surface area contributed by atoms with Crippen LogP contribution in [-0.4, -0.2) is 11.6 Å². The highest BCUT2D eigenvalue weighted by atomic mass is 79.9. The van der Waals surface area contributed by atoms with Crippen LogP contribution in [0.2, 0.25) is 0 Å². The van der Waals surface area contributed by atoms with E-state index in [0.717, 1.165) is 5.56 Å². The summed E-state index contributed by atoms with van der Waals surface area (Å²) < 4.78 is 5.77. The molecule has 4 heteroatoms. The van der Waals surface area contributed by atoms with E-state index < -0.39 is 0 Å². The molecular weight excluding hydrogens is 332 g/mol. The summed E-state index contributed by atoms with van der Waals surface area (Å²) in [4.78, 5) is 24.7. The Hall–Kier alpha value is -2.20. The number of allylic oxidation sites excluding steroid dienone is 2. The zero-order chi connectivity index (χ0) is 14.8. The third-order valence-electron chi connectivity index (χ3n) is 3.25. The van der Waals surface area contributed by atoms with E-state index in [1.807, 2.05) is 30.3 Å². The first kappa shape index (κ1) is 13.8. The molecule has 0 radical (unpaired) electrons. The molecule has 0 atom stereocenters. The lowest BCUT2D eigenvalue weighted by molar-refractivity contribution is 0.0867. The van der Waals surface area contributed by atoms with Crippen molar-refractivity contribution in [2.24, 2.45) is 0 Å². The van der Waals surface area contributed by atoms with Crippen molar-refractivity contribution in [3.8, 4) is 0 Å². The van der Waals surface area contributed by atoms with Crippen LogP contribution in [0.5, 0.6) is 0 Å². The molecule has 0 unspecified atom stereocenters. The number of Topliss-reactive ketones (excluding diaryl/α,β-unsaturated/α-hetero) is 2. The summed E-state index contributed by atoms with van der Waals surface area (Å²) in [5.74, 6) is -0.427. The molecule has 0 amide bonds. The largest absolute Gasteiger partial charge is 0.483 e. The Balaban J connectivity index is 1.90. The van der Waals surface area contributed by atoms with Crippen molar-refractivity contribution in [2.45, 2.75) is 6.61 Å². The van der Waals surface area contributed by atoms with Crippen LogP contribution in [0, 0.1) is 0 Å². The Morgan fingerprint density at radius 2 is 1.38 bits per heavy atom. The van der Waals surface area contributed by atoms with Crippen LogP contribution >= 0.6 is 15.9 Å². The van der Waals surface area contributed by atoms with Gasteiger partial charge < -0.3 is 4.74 Å². The number of carbonyl (C=O) groups excluding carboxylic acids is 2. The fourth-order valence-electron chi connectivity index (χ4n) is 2.18. The van der Waals surface area contributed by atoms with Crippen LogP contribution in [0.25, 0.3) is 0 Å². The Labute approximate surface area is 130 Å². The van der Waals surface area contributed by atoms with Crippen LogP contribution in [0.3, 0.4) is 0 Å². The first-order chi connectivity index (χ1) is 10.2. The third kappa shape index (κ3) is 2.54. The number of halogens is 1. The van der Waals surface area contributed by atoms with E-state index in [4.69, 9.17) is 4.74 Å². The summed E-state index contributed by atoms with van der Waals surface area (Å²) in [6.45, 7) is 0.243. The van der Waals surface area contributed by atoms with E-state index >= 15 is 0 Å². The average Bonchev–Trinajstić information content (AvgIpc) is 2.54. The number of rotatable bonds is 3. The van der Waals surface area contributed by atoms with E-state index in [-0.39, 0.29) is 28.4 Å². The minimum Gasteiger partial charge on any atom is -0.483 e. The van der Waals surface area contributed by atoms with Gasteiger partial charge in [-0.15, -0.1) is 0 Å². The molecule has 0 bridgehead atoms. The number of carbonyl (C=O) groups is 2. The number of hydrogen-bond donors (Lipinski definition) is 0. The lowest BCUT2D eigenvalue weighted by atomic mass is 9.93.